The van der Waals surface area contributed by atoms with Crippen LogP contribution >= 0.6 is 28.1 Å². The third kappa shape index (κ3) is 5.57. The standard InChI is InChI=1S/C28H24BrFN4O2S/c1-17-5-8-19(9-6-17)32-25(35)13-15-34-27(26(33-28(34)37)22-4-2-3-14-31-22)24-12-11-23(36-24)20-10-7-18(29)16-21(20)30/h2-12,14,16,26-27H,13,15H2,1H3,(H,32,35)(H,33,37). The van der Waals surface area contributed by atoms with Gasteiger partial charge in [0, 0.05) is 29.3 Å². The molecule has 2 unspecified atom stereocenters. The Hall–Kier alpha value is -3.56. The summed E-state index contributed by atoms with van der Waals surface area (Å²) in [6.45, 7) is 2.36. The number of nitrogens with one attached hydrogen (secondary N) is 2. The molecule has 37 heavy (non-hydrogen) atoms. The van der Waals surface area contributed by atoms with Crippen LogP contribution in [0.5, 0.6) is 0 Å². The Balaban J connectivity index is 1.40. The Morgan fingerprint density at radius 1 is 1.16 bits per heavy atom. The predicted molar refractivity (Wildman–Crippen MR) is 148 cm³/mol. The zero-order chi connectivity index (χ0) is 25.9. The first-order chi connectivity index (χ1) is 17.9. The van der Waals surface area contributed by atoms with Crippen LogP contribution in [0, 0.1) is 12.7 Å². The number of hydrogen-bond acceptors (Lipinski definition) is 4. The van der Waals surface area contributed by atoms with Gasteiger partial charge in [0.25, 0.3) is 0 Å². The van der Waals surface area contributed by atoms with E-state index in [0.29, 0.717) is 33.2 Å². The van der Waals surface area contributed by atoms with Gasteiger partial charge in [-0.1, -0.05) is 39.7 Å². The molecular weight excluding hydrogens is 555 g/mol. The number of thiocarbonyl (C=S) groups is 1. The van der Waals surface area contributed by atoms with Gasteiger partial charge in [-0.15, -0.1) is 0 Å². The number of amides is 1. The van der Waals surface area contributed by atoms with Crippen LogP contribution in [-0.2, 0) is 4.79 Å². The Bertz CT molecular complexity index is 1430. The molecule has 1 aliphatic heterocycles. The highest BCUT2D eigenvalue weighted by Crippen LogP contribution is 2.41. The SMILES string of the molecule is Cc1ccc(NC(=O)CCN2C(=S)NC(c3ccccn3)C2c2ccc(-c3ccc(Br)cc3F)o2)cc1. The van der Waals surface area contributed by atoms with Gasteiger partial charge < -0.3 is 20.0 Å². The molecule has 188 valence electrons. The lowest BCUT2D eigenvalue weighted by molar-refractivity contribution is -0.116. The van der Waals surface area contributed by atoms with Crippen molar-refractivity contribution in [1.82, 2.24) is 15.2 Å². The zero-order valence-corrected chi connectivity index (χ0v) is 22.4. The minimum atomic E-state index is -0.388. The number of benzene rings is 2. The Kier molecular flexibility index (Phi) is 7.34. The first-order valence-corrected chi connectivity index (χ1v) is 13.0. The lowest BCUT2D eigenvalue weighted by Crippen LogP contribution is -2.32. The summed E-state index contributed by atoms with van der Waals surface area (Å²) in [5, 5.41) is 6.77. The first-order valence-electron chi connectivity index (χ1n) is 11.8. The number of nitrogens with zero attached hydrogens (tertiary/aromatic N) is 2. The molecule has 6 nitrogen and oxygen atoms in total. The summed E-state index contributed by atoms with van der Waals surface area (Å²) in [5.41, 5.74) is 3.01. The van der Waals surface area contributed by atoms with E-state index in [2.05, 4.69) is 31.5 Å². The summed E-state index contributed by atoms with van der Waals surface area (Å²) in [5.74, 6) is 0.499. The highest BCUT2D eigenvalue weighted by atomic mass is 79.9. The molecule has 3 heterocycles. The van der Waals surface area contributed by atoms with Gasteiger partial charge in [-0.05, 0) is 73.7 Å². The summed E-state index contributed by atoms with van der Waals surface area (Å²) in [7, 11) is 0. The molecule has 2 aromatic carbocycles. The van der Waals surface area contributed by atoms with E-state index in [4.69, 9.17) is 16.6 Å². The van der Waals surface area contributed by atoms with E-state index in [1.54, 1.807) is 24.4 Å². The van der Waals surface area contributed by atoms with Gasteiger partial charge in [-0.2, -0.15) is 0 Å². The van der Waals surface area contributed by atoms with Crippen molar-refractivity contribution in [2.75, 3.05) is 11.9 Å². The van der Waals surface area contributed by atoms with E-state index in [1.165, 1.54) is 6.07 Å². The van der Waals surface area contributed by atoms with Gasteiger partial charge in [0.2, 0.25) is 5.91 Å². The number of hydrogen-bond donors (Lipinski definition) is 2. The summed E-state index contributed by atoms with van der Waals surface area (Å²) in [6.07, 6.45) is 1.94. The van der Waals surface area contributed by atoms with Crippen LogP contribution in [0.4, 0.5) is 10.1 Å². The molecule has 1 aliphatic rings. The number of aryl methyl sites for hydroxylation is 1. The summed E-state index contributed by atoms with van der Waals surface area (Å²) in [4.78, 5) is 19.2. The molecule has 1 amide bonds. The summed E-state index contributed by atoms with van der Waals surface area (Å²) < 4.78 is 21.5. The van der Waals surface area contributed by atoms with Crippen LogP contribution in [-0.4, -0.2) is 27.4 Å². The second kappa shape index (κ2) is 10.8. The number of furan rings is 1. The van der Waals surface area contributed by atoms with E-state index >= 15 is 0 Å². The maximum Gasteiger partial charge on any atom is 0.226 e. The fraction of sp³-hybridized carbons (Fsp3) is 0.179. The van der Waals surface area contributed by atoms with Gasteiger partial charge in [-0.3, -0.25) is 9.78 Å². The van der Waals surface area contributed by atoms with Crippen LogP contribution in [0.25, 0.3) is 11.3 Å². The minimum Gasteiger partial charge on any atom is -0.459 e. The van der Waals surface area contributed by atoms with Crippen molar-refractivity contribution in [3.05, 3.63) is 106 Å². The monoisotopic (exact) mass is 578 g/mol. The molecule has 2 aromatic heterocycles. The number of pyridine rings is 1. The quantitative estimate of drug-likeness (QED) is 0.242. The smallest absolute Gasteiger partial charge is 0.226 e. The van der Waals surface area contributed by atoms with Crippen molar-refractivity contribution in [3.63, 3.8) is 0 Å². The summed E-state index contributed by atoms with van der Waals surface area (Å²) in [6, 6.07) is 21.1. The first kappa shape index (κ1) is 25.1. The average molecular weight is 579 g/mol. The number of carbonyl (C=O) groups is 1. The molecule has 0 spiro atoms. The fourth-order valence-corrected chi connectivity index (χ4v) is 5.05. The maximum atomic E-state index is 14.6. The Labute approximate surface area is 228 Å². The van der Waals surface area contributed by atoms with Crippen molar-refractivity contribution in [2.45, 2.75) is 25.4 Å². The molecule has 4 aromatic rings. The lowest BCUT2D eigenvalue weighted by atomic mass is 10.0. The molecule has 2 atom stereocenters. The number of anilines is 1. The third-order valence-electron chi connectivity index (χ3n) is 6.23. The fourth-order valence-electron chi connectivity index (χ4n) is 4.38. The van der Waals surface area contributed by atoms with Gasteiger partial charge in [0.15, 0.2) is 5.11 Å². The molecule has 0 aliphatic carbocycles. The minimum absolute atomic E-state index is 0.122. The molecule has 0 saturated carbocycles. The highest BCUT2D eigenvalue weighted by Gasteiger charge is 2.41. The van der Waals surface area contributed by atoms with E-state index in [-0.39, 0.29) is 30.2 Å². The molecular formula is C28H24BrFN4O2S. The molecule has 5 rings (SSSR count). The molecule has 0 radical (unpaired) electrons. The Morgan fingerprint density at radius 2 is 1.97 bits per heavy atom. The molecule has 1 fully saturated rings. The molecule has 0 bridgehead atoms. The third-order valence-corrected chi connectivity index (χ3v) is 7.07. The van der Waals surface area contributed by atoms with Crippen molar-refractivity contribution in [1.29, 1.82) is 0 Å². The van der Waals surface area contributed by atoms with Crippen LogP contribution in [0.15, 0.2) is 87.9 Å². The van der Waals surface area contributed by atoms with Crippen molar-refractivity contribution in [2.24, 2.45) is 0 Å². The lowest BCUT2D eigenvalue weighted by Gasteiger charge is -2.25. The van der Waals surface area contributed by atoms with Crippen molar-refractivity contribution in [3.8, 4) is 11.3 Å². The van der Waals surface area contributed by atoms with Crippen LogP contribution in [0.3, 0.4) is 0 Å². The van der Waals surface area contributed by atoms with E-state index < -0.39 is 0 Å². The number of rotatable bonds is 7. The Morgan fingerprint density at radius 3 is 2.70 bits per heavy atom. The van der Waals surface area contributed by atoms with E-state index in [1.807, 2.05) is 60.4 Å². The molecule has 2 N–H and O–H groups in total. The molecule has 9 heteroatoms. The van der Waals surface area contributed by atoms with Crippen LogP contribution in [0.2, 0.25) is 0 Å². The number of halogens is 2. The highest BCUT2D eigenvalue weighted by molar-refractivity contribution is 9.10. The topological polar surface area (TPSA) is 70.4 Å². The van der Waals surface area contributed by atoms with Gasteiger partial charge in [-0.25, -0.2) is 4.39 Å². The van der Waals surface area contributed by atoms with Crippen LogP contribution < -0.4 is 10.6 Å². The maximum absolute atomic E-state index is 14.6. The van der Waals surface area contributed by atoms with Crippen molar-refractivity contribution < 1.29 is 13.6 Å². The van der Waals surface area contributed by atoms with Gasteiger partial charge in [0.05, 0.1) is 17.3 Å². The zero-order valence-electron chi connectivity index (χ0n) is 19.9. The van der Waals surface area contributed by atoms with E-state index in [0.717, 1.165) is 16.9 Å². The second-order valence-electron chi connectivity index (χ2n) is 8.81. The van der Waals surface area contributed by atoms with Gasteiger partial charge >= 0.3 is 0 Å². The average Bonchev–Trinajstić information content (AvgIpc) is 3.49. The number of aromatic nitrogens is 1. The van der Waals surface area contributed by atoms with Crippen LogP contribution in [0.1, 0.15) is 35.5 Å². The second-order valence-corrected chi connectivity index (χ2v) is 10.1. The largest absolute Gasteiger partial charge is 0.459 e. The van der Waals surface area contributed by atoms with Gasteiger partial charge in [0.1, 0.15) is 23.4 Å². The van der Waals surface area contributed by atoms with E-state index in [9.17, 15) is 9.18 Å². The summed E-state index contributed by atoms with van der Waals surface area (Å²) >= 11 is 8.96. The molecule has 1 saturated heterocycles. The number of carbonyl (C=O) groups excluding carboxylic acids is 1. The van der Waals surface area contributed by atoms with Crippen molar-refractivity contribution >= 4 is 44.9 Å². The predicted octanol–water partition coefficient (Wildman–Crippen LogP) is 6.55. The normalized spacial score (nSPS) is 17.1.